The van der Waals surface area contributed by atoms with E-state index >= 15 is 0 Å². The van der Waals surface area contributed by atoms with Crippen LogP contribution in [0.15, 0.2) is 11.5 Å². The third kappa shape index (κ3) is 2.14. The second-order valence-corrected chi connectivity index (χ2v) is 5.13. The molecule has 2 N–H and O–H groups in total. The Morgan fingerprint density at radius 1 is 1.47 bits per heavy atom. The van der Waals surface area contributed by atoms with E-state index in [4.69, 9.17) is 0 Å². The number of hydrogen-bond acceptors (Lipinski definition) is 4. The summed E-state index contributed by atoms with van der Waals surface area (Å²) < 4.78 is -0.697. The van der Waals surface area contributed by atoms with Gasteiger partial charge in [-0.15, -0.1) is 0 Å². The zero-order chi connectivity index (χ0) is 10.7. The quantitative estimate of drug-likeness (QED) is 0.821. The minimum Gasteiger partial charge on any atom is -0.480 e. The van der Waals surface area contributed by atoms with Crippen LogP contribution in [-0.4, -0.2) is 31.0 Å². The van der Waals surface area contributed by atoms with Crippen molar-refractivity contribution in [3.63, 3.8) is 0 Å². The Kier molecular flexibility index (Phi) is 2.95. The van der Waals surface area contributed by atoms with Gasteiger partial charge in [0.05, 0.1) is 0 Å². The van der Waals surface area contributed by atoms with Gasteiger partial charge in [0, 0.05) is 0 Å². The molecule has 1 heterocycles. The maximum Gasteiger partial charge on any atom is 0.320 e. The van der Waals surface area contributed by atoms with E-state index < -0.39 is 10.7 Å². The Morgan fingerprint density at radius 3 is 2.73 bits per heavy atom. The predicted octanol–water partition coefficient (Wildman–Crippen LogP) is 1.68. The van der Waals surface area contributed by atoms with Gasteiger partial charge >= 0.3 is 5.97 Å². The Balaban J connectivity index is 2.15. The zero-order valence-electron chi connectivity index (χ0n) is 8.27. The van der Waals surface area contributed by atoms with Crippen molar-refractivity contribution in [2.75, 3.05) is 0 Å². The highest BCUT2D eigenvalue weighted by atomic mass is 32.2. The molecule has 1 aliphatic rings. The van der Waals surface area contributed by atoms with Crippen molar-refractivity contribution in [2.45, 2.75) is 42.0 Å². The van der Waals surface area contributed by atoms with Crippen LogP contribution in [0.25, 0.3) is 0 Å². The molecule has 0 atom stereocenters. The lowest BCUT2D eigenvalue weighted by Gasteiger charge is -2.31. The first kappa shape index (κ1) is 10.5. The Hall–Kier alpha value is -1.04. The molecule has 0 bridgehead atoms. The molecular formula is C9H13N3O2S. The molecule has 0 saturated heterocycles. The van der Waals surface area contributed by atoms with Crippen LogP contribution >= 0.6 is 11.8 Å². The molecule has 1 saturated carbocycles. The van der Waals surface area contributed by atoms with Gasteiger partial charge in [-0.3, -0.25) is 9.89 Å². The van der Waals surface area contributed by atoms with E-state index in [0.29, 0.717) is 18.0 Å². The molecule has 1 aromatic heterocycles. The highest BCUT2D eigenvalue weighted by molar-refractivity contribution is 8.01. The number of rotatable bonds is 3. The summed E-state index contributed by atoms with van der Waals surface area (Å²) in [6.45, 7) is 0. The lowest BCUT2D eigenvalue weighted by atomic mass is 9.88. The Labute approximate surface area is 91.7 Å². The number of aromatic amines is 1. The van der Waals surface area contributed by atoms with E-state index in [1.165, 1.54) is 18.1 Å². The fraction of sp³-hybridized carbons (Fsp3) is 0.667. The first-order valence-corrected chi connectivity index (χ1v) is 5.82. The molecular weight excluding hydrogens is 214 g/mol. The molecule has 5 nitrogen and oxygen atoms in total. The number of carbonyl (C=O) groups is 1. The average molecular weight is 227 g/mol. The van der Waals surface area contributed by atoms with Crippen molar-refractivity contribution in [3.05, 3.63) is 6.33 Å². The Morgan fingerprint density at radius 2 is 2.20 bits per heavy atom. The maximum absolute atomic E-state index is 11.3. The largest absolute Gasteiger partial charge is 0.480 e. The van der Waals surface area contributed by atoms with Crippen LogP contribution in [-0.2, 0) is 4.79 Å². The van der Waals surface area contributed by atoms with Gasteiger partial charge in [-0.2, -0.15) is 5.10 Å². The monoisotopic (exact) mass is 227 g/mol. The second-order valence-electron chi connectivity index (χ2n) is 3.75. The first-order chi connectivity index (χ1) is 7.23. The topological polar surface area (TPSA) is 78.9 Å². The maximum atomic E-state index is 11.3. The number of hydrogen-bond donors (Lipinski definition) is 2. The molecule has 0 unspecified atom stereocenters. The van der Waals surface area contributed by atoms with Crippen LogP contribution in [0, 0.1) is 0 Å². The van der Waals surface area contributed by atoms with Gasteiger partial charge in [-0.1, -0.05) is 31.0 Å². The van der Waals surface area contributed by atoms with E-state index in [1.54, 1.807) is 0 Å². The normalized spacial score (nSPS) is 20.0. The zero-order valence-corrected chi connectivity index (χ0v) is 9.09. The number of nitrogens with one attached hydrogen (secondary N) is 1. The Bertz CT molecular complexity index is 333. The SMILES string of the molecule is O=C(O)C1(Sc2ncn[nH]2)CCCCC1. The van der Waals surface area contributed by atoms with Gasteiger partial charge in [0.1, 0.15) is 11.1 Å². The molecule has 0 spiro atoms. The van der Waals surface area contributed by atoms with E-state index in [2.05, 4.69) is 15.2 Å². The van der Waals surface area contributed by atoms with Crippen molar-refractivity contribution in [3.8, 4) is 0 Å². The summed E-state index contributed by atoms with van der Waals surface area (Å²) in [5.41, 5.74) is 0. The van der Waals surface area contributed by atoms with E-state index in [-0.39, 0.29) is 0 Å². The minimum absolute atomic E-state index is 0.597. The summed E-state index contributed by atoms with van der Waals surface area (Å²) >= 11 is 1.30. The number of aromatic nitrogens is 3. The first-order valence-electron chi connectivity index (χ1n) is 5.01. The van der Waals surface area contributed by atoms with Crippen molar-refractivity contribution in [2.24, 2.45) is 0 Å². The van der Waals surface area contributed by atoms with Gasteiger partial charge in [-0.05, 0) is 12.8 Å². The van der Waals surface area contributed by atoms with Crippen LogP contribution in [0.4, 0.5) is 0 Å². The summed E-state index contributed by atoms with van der Waals surface area (Å²) in [7, 11) is 0. The van der Waals surface area contributed by atoms with E-state index in [1.807, 2.05) is 0 Å². The summed E-state index contributed by atoms with van der Waals surface area (Å²) in [6, 6.07) is 0. The van der Waals surface area contributed by atoms with Crippen LogP contribution in [0.2, 0.25) is 0 Å². The summed E-state index contributed by atoms with van der Waals surface area (Å²) in [5, 5.41) is 16.3. The molecule has 0 aromatic carbocycles. The summed E-state index contributed by atoms with van der Waals surface area (Å²) in [4.78, 5) is 15.3. The summed E-state index contributed by atoms with van der Waals surface area (Å²) in [6.07, 6.45) is 5.93. The fourth-order valence-corrected chi connectivity index (χ4v) is 3.06. The smallest absolute Gasteiger partial charge is 0.320 e. The summed E-state index contributed by atoms with van der Waals surface area (Å²) in [5.74, 6) is -0.733. The molecule has 1 aliphatic carbocycles. The third-order valence-electron chi connectivity index (χ3n) is 2.74. The van der Waals surface area contributed by atoms with E-state index in [9.17, 15) is 9.90 Å². The lowest BCUT2D eigenvalue weighted by molar-refractivity contribution is -0.140. The molecule has 6 heteroatoms. The number of nitrogens with zero attached hydrogens (tertiary/aromatic N) is 2. The van der Waals surface area contributed by atoms with Crippen LogP contribution in [0.5, 0.6) is 0 Å². The van der Waals surface area contributed by atoms with Gasteiger partial charge < -0.3 is 5.11 Å². The van der Waals surface area contributed by atoms with Crippen molar-refractivity contribution in [1.29, 1.82) is 0 Å². The fourth-order valence-electron chi connectivity index (χ4n) is 1.91. The van der Waals surface area contributed by atoms with Crippen LogP contribution < -0.4 is 0 Å². The number of H-pyrrole nitrogens is 1. The molecule has 1 fully saturated rings. The van der Waals surface area contributed by atoms with Crippen LogP contribution in [0.3, 0.4) is 0 Å². The lowest BCUT2D eigenvalue weighted by Crippen LogP contribution is -2.37. The highest BCUT2D eigenvalue weighted by Crippen LogP contribution is 2.42. The molecule has 82 valence electrons. The van der Waals surface area contributed by atoms with E-state index in [0.717, 1.165) is 19.3 Å². The van der Waals surface area contributed by atoms with Crippen molar-refractivity contribution in [1.82, 2.24) is 15.2 Å². The molecule has 0 amide bonds. The number of aliphatic carboxylic acids is 1. The molecule has 2 rings (SSSR count). The van der Waals surface area contributed by atoms with Crippen LogP contribution in [0.1, 0.15) is 32.1 Å². The number of carboxylic acid groups (broad SMARTS) is 1. The standard InChI is InChI=1S/C9H13N3O2S/c13-7(14)9(4-2-1-3-5-9)15-8-10-6-11-12-8/h6H,1-5H2,(H,13,14)(H,10,11,12). The average Bonchev–Trinajstić information content (AvgIpc) is 2.71. The number of carboxylic acids is 1. The number of thioether (sulfide) groups is 1. The van der Waals surface area contributed by atoms with Gasteiger partial charge in [0.2, 0.25) is 0 Å². The third-order valence-corrected chi connectivity index (χ3v) is 4.10. The van der Waals surface area contributed by atoms with Gasteiger partial charge in [0.25, 0.3) is 0 Å². The minimum atomic E-state index is -0.733. The predicted molar refractivity (Wildman–Crippen MR) is 55.7 cm³/mol. The van der Waals surface area contributed by atoms with Crippen molar-refractivity contribution >= 4 is 17.7 Å². The second kappa shape index (κ2) is 4.22. The highest BCUT2D eigenvalue weighted by Gasteiger charge is 2.41. The molecule has 1 aromatic rings. The van der Waals surface area contributed by atoms with Gasteiger partial charge in [0.15, 0.2) is 5.16 Å². The molecule has 0 radical (unpaired) electrons. The van der Waals surface area contributed by atoms with Gasteiger partial charge in [-0.25, -0.2) is 4.98 Å². The van der Waals surface area contributed by atoms with Crippen molar-refractivity contribution < 1.29 is 9.90 Å². The molecule has 15 heavy (non-hydrogen) atoms. The molecule has 0 aliphatic heterocycles.